The molecule has 116 valence electrons. The molecule has 2 rings (SSSR count). The van der Waals surface area contributed by atoms with E-state index in [1.165, 1.54) is 0 Å². The predicted octanol–water partition coefficient (Wildman–Crippen LogP) is 2.57. The van der Waals surface area contributed by atoms with Crippen LogP contribution >= 0.6 is 0 Å². The number of carbonyl (C=O) groups excluding carboxylic acids is 1. The lowest BCUT2D eigenvalue weighted by Crippen LogP contribution is -2.37. The van der Waals surface area contributed by atoms with Crippen LogP contribution in [0.4, 0.5) is 0 Å². The molecule has 22 heavy (non-hydrogen) atoms. The van der Waals surface area contributed by atoms with Crippen LogP contribution in [-0.2, 0) is 11.3 Å². The largest absolute Gasteiger partial charge is 0.481 e. The van der Waals surface area contributed by atoms with E-state index in [1.54, 1.807) is 12.3 Å². The van der Waals surface area contributed by atoms with Crippen LogP contribution in [0.5, 0.6) is 5.75 Å². The summed E-state index contributed by atoms with van der Waals surface area (Å²) < 4.78 is 5.77. The van der Waals surface area contributed by atoms with E-state index in [0.717, 1.165) is 11.3 Å². The molecule has 0 aliphatic heterocycles. The first-order valence-electron chi connectivity index (χ1n) is 7.38. The van der Waals surface area contributed by atoms with Gasteiger partial charge in [0.05, 0.1) is 12.2 Å². The van der Waals surface area contributed by atoms with Crippen molar-refractivity contribution >= 4 is 5.91 Å². The number of rotatable bonds is 6. The van der Waals surface area contributed by atoms with Crippen LogP contribution in [0.15, 0.2) is 36.5 Å². The summed E-state index contributed by atoms with van der Waals surface area (Å²) in [5.74, 6) is 1.26. The van der Waals surface area contributed by atoms with E-state index in [-0.39, 0.29) is 5.91 Å². The highest BCUT2D eigenvalue weighted by atomic mass is 16.5. The third-order valence-electron chi connectivity index (χ3n) is 3.21. The number of hydrogen-bond acceptors (Lipinski definition) is 4. The Morgan fingerprint density at radius 3 is 2.82 bits per heavy atom. The number of nitrogens with one attached hydrogen (secondary N) is 1. The van der Waals surface area contributed by atoms with Gasteiger partial charge in [-0.3, -0.25) is 4.79 Å². The third kappa shape index (κ3) is 4.55. The molecule has 0 fully saturated rings. The summed E-state index contributed by atoms with van der Waals surface area (Å²) in [7, 11) is 0. The first kappa shape index (κ1) is 15.9. The first-order chi connectivity index (χ1) is 10.6. The first-order valence-corrected chi connectivity index (χ1v) is 7.38. The molecule has 0 spiro atoms. The SMILES string of the molecule is CC[C@H](Oc1cccc(C)c1)C(=O)NCc1ccnc(C)n1. The molecule has 0 bridgehead atoms. The molecule has 0 aliphatic rings. The minimum atomic E-state index is -0.510. The quantitative estimate of drug-likeness (QED) is 0.890. The lowest BCUT2D eigenvalue weighted by molar-refractivity contribution is -0.128. The smallest absolute Gasteiger partial charge is 0.261 e. The normalized spacial score (nSPS) is 11.8. The molecule has 1 aromatic heterocycles. The number of carbonyl (C=O) groups is 1. The molecule has 5 heteroatoms. The number of aryl methyl sites for hydroxylation is 2. The van der Waals surface area contributed by atoms with E-state index >= 15 is 0 Å². The van der Waals surface area contributed by atoms with Gasteiger partial charge in [-0.15, -0.1) is 0 Å². The monoisotopic (exact) mass is 299 g/mol. The van der Waals surface area contributed by atoms with E-state index in [2.05, 4.69) is 15.3 Å². The standard InChI is InChI=1S/C17H21N3O2/c1-4-16(22-15-7-5-6-12(2)10-15)17(21)19-11-14-8-9-18-13(3)20-14/h5-10,16H,4,11H2,1-3H3,(H,19,21)/t16-/m0/s1. The highest BCUT2D eigenvalue weighted by Gasteiger charge is 2.18. The zero-order valence-corrected chi connectivity index (χ0v) is 13.2. The fourth-order valence-corrected chi connectivity index (χ4v) is 2.07. The van der Waals surface area contributed by atoms with Crippen molar-refractivity contribution < 1.29 is 9.53 Å². The van der Waals surface area contributed by atoms with Gasteiger partial charge in [0.25, 0.3) is 5.91 Å². The summed E-state index contributed by atoms with van der Waals surface area (Å²) in [6.07, 6.45) is 1.78. The Kier molecular flexibility index (Phi) is 5.47. The van der Waals surface area contributed by atoms with Crippen LogP contribution < -0.4 is 10.1 Å². The fourth-order valence-electron chi connectivity index (χ4n) is 2.07. The molecule has 0 unspecified atom stereocenters. The van der Waals surface area contributed by atoms with Crippen molar-refractivity contribution in [3.05, 3.63) is 53.6 Å². The van der Waals surface area contributed by atoms with Gasteiger partial charge < -0.3 is 10.1 Å². The van der Waals surface area contributed by atoms with Crippen molar-refractivity contribution in [2.45, 2.75) is 39.8 Å². The molecule has 1 N–H and O–H groups in total. The van der Waals surface area contributed by atoms with Crippen molar-refractivity contribution in [1.29, 1.82) is 0 Å². The Balaban J connectivity index is 1.94. The summed E-state index contributed by atoms with van der Waals surface area (Å²) in [5.41, 5.74) is 1.88. The zero-order valence-electron chi connectivity index (χ0n) is 13.2. The van der Waals surface area contributed by atoms with Crippen LogP contribution in [-0.4, -0.2) is 22.0 Å². The minimum absolute atomic E-state index is 0.139. The third-order valence-corrected chi connectivity index (χ3v) is 3.21. The van der Waals surface area contributed by atoms with Gasteiger partial charge >= 0.3 is 0 Å². The summed E-state index contributed by atoms with van der Waals surface area (Å²) in [6.45, 7) is 6.11. The Morgan fingerprint density at radius 1 is 1.32 bits per heavy atom. The Morgan fingerprint density at radius 2 is 2.14 bits per heavy atom. The molecule has 1 heterocycles. The summed E-state index contributed by atoms with van der Waals surface area (Å²) >= 11 is 0. The maximum atomic E-state index is 12.2. The summed E-state index contributed by atoms with van der Waals surface area (Å²) in [6, 6.07) is 9.47. The van der Waals surface area contributed by atoms with Gasteiger partial charge in [-0.05, 0) is 44.0 Å². The lowest BCUT2D eigenvalue weighted by atomic mass is 10.2. The minimum Gasteiger partial charge on any atom is -0.481 e. The van der Waals surface area contributed by atoms with Crippen LogP contribution in [0.2, 0.25) is 0 Å². The average molecular weight is 299 g/mol. The van der Waals surface area contributed by atoms with Crippen LogP contribution in [0.1, 0.15) is 30.4 Å². The lowest BCUT2D eigenvalue weighted by Gasteiger charge is -2.17. The highest BCUT2D eigenvalue weighted by Crippen LogP contribution is 2.15. The molecule has 5 nitrogen and oxygen atoms in total. The van der Waals surface area contributed by atoms with Crippen molar-refractivity contribution in [2.75, 3.05) is 0 Å². The van der Waals surface area contributed by atoms with Gasteiger partial charge in [-0.1, -0.05) is 19.1 Å². The van der Waals surface area contributed by atoms with Crippen molar-refractivity contribution in [2.24, 2.45) is 0 Å². The fraction of sp³-hybridized carbons (Fsp3) is 0.353. The molecular formula is C17H21N3O2. The van der Waals surface area contributed by atoms with E-state index in [4.69, 9.17) is 4.74 Å². The van der Waals surface area contributed by atoms with E-state index in [0.29, 0.717) is 24.5 Å². The Bertz CT molecular complexity index is 643. The summed E-state index contributed by atoms with van der Waals surface area (Å²) in [5, 5.41) is 2.86. The van der Waals surface area contributed by atoms with Crippen LogP contribution in [0.25, 0.3) is 0 Å². The molecule has 1 aromatic carbocycles. The van der Waals surface area contributed by atoms with E-state index in [9.17, 15) is 4.79 Å². The van der Waals surface area contributed by atoms with Crippen molar-refractivity contribution in [1.82, 2.24) is 15.3 Å². The van der Waals surface area contributed by atoms with E-state index in [1.807, 2.05) is 45.0 Å². The van der Waals surface area contributed by atoms with Crippen molar-refractivity contribution in [3.63, 3.8) is 0 Å². The van der Waals surface area contributed by atoms with Gasteiger partial charge in [-0.25, -0.2) is 9.97 Å². The molecule has 0 saturated carbocycles. The van der Waals surface area contributed by atoms with Gasteiger partial charge in [-0.2, -0.15) is 0 Å². The van der Waals surface area contributed by atoms with Gasteiger partial charge in [0.2, 0.25) is 0 Å². The zero-order chi connectivity index (χ0) is 15.9. The number of hydrogen-bond donors (Lipinski definition) is 1. The topological polar surface area (TPSA) is 64.1 Å². The van der Waals surface area contributed by atoms with Gasteiger partial charge in [0, 0.05) is 6.20 Å². The van der Waals surface area contributed by atoms with Gasteiger partial charge in [0.15, 0.2) is 6.10 Å². The Labute approximate surface area is 130 Å². The molecular weight excluding hydrogens is 278 g/mol. The second kappa shape index (κ2) is 7.54. The van der Waals surface area contributed by atoms with Crippen LogP contribution in [0.3, 0.4) is 0 Å². The van der Waals surface area contributed by atoms with Crippen LogP contribution in [0, 0.1) is 13.8 Å². The molecule has 0 saturated heterocycles. The highest BCUT2D eigenvalue weighted by molar-refractivity contribution is 5.81. The second-order valence-corrected chi connectivity index (χ2v) is 5.14. The Hall–Kier alpha value is -2.43. The number of ether oxygens (including phenoxy) is 1. The number of aromatic nitrogens is 2. The van der Waals surface area contributed by atoms with Gasteiger partial charge in [0.1, 0.15) is 11.6 Å². The van der Waals surface area contributed by atoms with Crippen molar-refractivity contribution in [3.8, 4) is 5.75 Å². The summed E-state index contributed by atoms with van der Waals surface area (Å²) in [4.78, 5) is 20.5. The molecule has 0 radical (unpaired) electrons. The average Bonchev–Trinajstić information content (AvgIpc) is 2.50. The number of nitrogens with zero attached hydrogens (tertiary/aromatic N) is 2. The maximum Gasteiger partial charge on any atom is 0.261 e. The predicted molar refractivity (Wildman–Crippen MR) is 84.5 cm³/mol. The molecule has 1 atom stereocenters. The number of benzene rings is 1. The van der Waals surface area contributed by atoms with E-state index < -0.39 is 6.10 Å². The maximum absolute atomic E-state index is 12.2. The molecule has 1 amide bonds. The molecule has 0 aliphatic carbocycles. The molecule has 2 aromatic rings. The second-order valence-electron chi connectivity index (χ2n) is 5.14. The number of amides is 1.